The first-order valence-corrected chi connectivity index (χ1v) is 7.13. The van der Waals surface area contributed by atoms with E-state index in [2.05, 4.69) is 4.98 Å². The molecule has 1 aromatic carbocycles. The number of carbonyl (C=O) groups excluding carboxylic acids is 1. The molecule has 3 rings (SSSR count). The minimum absolute atomic E-state index is 0.748. The number of ether oxygens (including phenoxy) is 1. The number of imidazole rings is 1. The highest BCUT2D eigenvalue weighted by Gasteiger charge is 2.18. The summed E-state index contributed by atoms with van der Waals surface area (Å²) in [5, 5.41) is 0. The molecule has 0 bridgehead atoms. The Morgan fingerprint density at radius 2 is 2.00 bits per heavy atom. The Labute approximate surface area is 128 Å². The molecule has 0 fully saturated rings. The summed E-state index contributed by atoms with van der Waals surface area (Å²) >= 11 is 0. The van der Waals surface area contributed by atoms with Crippen LogP contribution in [-0.4, -0.2) is 22.9 Å². The molecule has 0 radical (unpaired) electrons. The largest absolute Gasteiger partial charge is 0.497 e. The van der Waals surface area contributed by atoms with Crippen molar-refractivity contribution in [2.24, 2.45) is 0 Å². The summed E-state index contributed by atoms with van der Waals surface area (Å²) in [7, 11) is 1.62. The van der Waals surface area contributed by atoms with E-state index in [0.29, 0.717) is 0 Å². The lowest BCUT2D eigenvalue weighted by Crippen LogP contribution is -2.17. The quantitative estimate of drug-likeness (QED) is 0.679. The number of aryl methyl sites for hydroxylation is 1. The maximum atomic E-state index is 11.7. The number of fused-ring (bicyclic) bond motifs is 1. The maximum Gasteiger partial charge on any atom is 0.219 e. The molecule has 0 atom stereocenters. The molecule has 0 aliphatic carbocycles. The Balaban J connectivity index is 2.15. The minimum atomic E-state index is 0.748. The van der Waals surface area contributed by atoms with Gasteiger partial charge < -0.3 is 4.74 Å². The molecule has 0 aliphatic rings. The molecule has 0 saturated heterocycles. The fourth-order valence-corrected chi connectivity index (χ4v) is 2.50. The van der Waals surface area contributed by atoms with Crippen molar-refractivity contribution in [3.05, 3.63) is 54.4 Å². The molecular formula is C17H17N3O2. The molecule has 3 aromatic rings. The normalized spacial score (nSPS) is 10.6. The molecule has 5 heteroatoms. The summed E-state index contributed by atoms with van der Waals surface area (Å²) in [6.07, 6.45) is 3.48. The number of rotatable bonds is 5. The van der Waals surface area contributed by atoms with Gasteiger partial charge in [0, 0.05) is 6.20 Å². The summed E-state index contributed by atoms with van der Waals surface area (Å²) in [6.45, 7) is 2.03. The number of pyridine rings is 1. The number of anilines is 2. The number of amides is 1. The Morgan fingerprint density at radius 1 is 1.23 bits per heavy atom. The highest BCUT2D eigenvalue weighted by molar-refractivity contribution is 5.87. The molecule has 0 N–H and O–H groups in total. The zero-order valence-electron chi connectivity index (χ0n) is 12.6. The summed E-state index contributed by atoms with van der Waals surface area (Å²) < 4.78 is 7.09. The van der Waals surface area contributed by atoms with Gasteiger partial charge in [-0.3, -0.25) is 14.1 Å². The van der Waals surface area contributed by atoms with Gasteiger partial charge in [0.25, 0.3) is 0 Å². The summed E-state index contributed by atoms with van der Waals surface area (Å²) in [5.74, 6) is 1.53. The Morgan fingerprint density at radius 3 is 2.64 bits per heavy atom. The third-order valence-electron chi connectivity index (χ3n) is 3.59. The lowest BCUT2D eigenvalue weighted by atomic mass is 10.2. The van der Waals surface area contributed by atoms with Crippen LogP contribution in [0.3, 0.4) is 0 Å². The Hall–Kier alpha value is -2.82. The molecule has 0 unspecified atom stereocenters. The third kappa shape index (κ3) is 2.30. The third-order valence-corrected chi connectivity index (χ3v) is 3.59. The second-order valence-corrected chi connectivity index (χ2v) is 4.84. The first kappa shape index (κ1) is 14.1. The molecule has 1 amide bonds. The van der Waals surface area contributed by atoms with Crippen LogP contribution in [0, 0.1) is 0 Å². The number of benzene rings is 1. The van der Waals surface area contributed by atoms with Crippen molar-refractivity contribution in [2.45, 2.75) is 13.3 Å². The average Bonchev–Trinajstić information content (AvgIpc) is 2.95. The fourth-order valence-electron chi connectivity index (χ4n) is 2.50. The number of hydrogen-bond acceptors (Lipinski definition) is 3. The lowest BCUT2D eigenvalue weighted by Gasteiger charge is -2.18. The second-order valence-electron chi connectivity index (χ2n) is 4.84. The van der Waals surface area contributed by atoms with Crippen LogP contribution in [-0.2, 0) is 11.2 Å². The highest BCUT2D eigenvalue weighted by atomic mass is 16.5. The molecule has 2 aromatic heterocycles. The lowest BCUT2D eigenvalue weighted by molar-refractivity contribution is -0.106. The van der Waals surface area contributed by atoms with Crippen molar-refractivity contribution in [3.8, 4) is 5.75 Å². The molecule has 5 nitrogen and oxygen atoms in total. The van der Waals surface area contributed by atoms with Crippen LogP contribution in [0.25, 0.3) is 5.65 Å². The SMILES string of the molecule is CCc1nc2ccccn2c1N(C=O)c1ccc(OC)cc1. The van der Waals surface area contributed by atoms with E-state index in [1.807, 2.05) is 60.0 Å². The average molecular weight is 295 g/mol. The monoisotopic (exact) mass is 295 g/mol. The topological polar surface area (TPSA) is 46.8 Å². The predicted molar refractivity (Wildman–Crippen MR) is 85.8 cm³/mol. The van der Waals surface area contributed by atoms with Gasteiger partial charge in [-0.1, -0.05) is 13.0 Å². The van der Waals surface area contributed by atoms with E-state index in [1.54, 1.807) is 12.0 Å². The van der Waals surface area contributed by atoms with Crippen LogP contribution in [0.5, 0.6) is 5.75 Å². The van der Waals surface area contributed by atoms with Gasteiger partial charge in [-0.05, 0) is 42.8 Å². The van der Waals surface area contributed by atoms with Crippen molar-refractivity contribution < 1.29 is 9.53 Å². The van der Waals surface area contributed by atoms with Gasteiger partial charge in [-0.2, -0.15) is 0 Å². The van der Waals surface area contributed by atoms with Gasteiger partial charge in [0.2, 0.25) is 6.41 Å². The van der Waals surface area contributed by atoms with Gasteiger partial charge in [-0.15, -0.1) is 0 Å². The number of carbonyl (C=O) groups is 1. The number of hydrogen-bond donors (Lipinski definition) is 0. The smallest absolute Gasteiger partial charge is 0.219 e. The van der Waals surface area contributed by atoms with Crippen LogP contribution in [0.2, 0.25) is 0 Å². The van der Waals surface area contributed by atoms with E-state index in [4.69, 9.17) is 4.74 Å². The minimum Gasteiger partial charge on any atom is -0.497 e. The molecular weight excluding hydrogens is 278 g/mol. The van der Waals surface area contributed by atoms with E-state index >= 15 is 0 Å². The van der Waals surface area contributed by atoms with Crippen molar-refractivity contribution in [1.82, 2.24) is 9.38 Å². The summed E-state index contributed by atoms with van der Waals surface area (Å²) in [6, 6.07) is 13.2. The van der Waals surface area contributed by atoms with Crippen molar-refractivity contribution in [3.63, 3.8) is 0 Å². The van der Waals surface area contributed by atoms with E-state index in [0.717, 1.165) is 41.4 Å². The van der Waals surface area contributed by atoms with E-state index < -0.39 is 0 Å². The molecule has 0 saturated carbocycles. The zero-order valence-corrected chi connectivity index (χ0v) is 12.6. The molecule has 0 spiro atoms. The van der Waals surface area contributed by atoms with E-state index in [-0.39, 0.29) is 0 Å². The molecule has 0 aliphatic heterocycles. The van der Waals surface area contributed by atoms with Crippen molar-refractivity contribution in [1.29, 1.82) is 0 Å². The van der Waals surface area contributed by atoms with Gasteiger partial charge in [0.15, 0.2) is 0 Å². The van der Waals surface area contributed by atoms with E-state index in [9.17, 15) is 4.79 Å². The first-order chi connectivity index (χ1) is 10.8. The van der Waals surface area contributed by atoms with E-state index in [1.165, 1.54) is 0 Å². The van der Waals surface area contributed by atoms with Gasteiger partial charge in [0.05, 0.1) is 18.5 Å². The predicted octanol–water partition coefficient (Wildman–Crippen LogP) is 3.20. The van der Waals surface area contributed by atoms with Gasteiger partial charge >= 0.3 is 0 Å². The number of aromatic nitrogens is 2. The van der Waals surface area contributed by atoms with Crippen LogP contribution in [0.15, 0.2) is 48.7 Å². The number of methoxy groups -OCH3 is 1. The van der Waals surface area contributed by atoms with Crippen molar-refractivity contribution >= 4 is 23.6 Å². The standard InChI is InChI=1S/C17H17N3O2/c1-3-15-17(19-11-5-4-6-16(19)18-15)20(12-21)13-7-9-14(22-2)10-8-13/h4-12H,3H2,1-2H3. The first-order valence-electron chi connectivity index (χ1n) is 7.13. The van der Waals surface area contributed by atoms with Gasteiger partial charge in [-0.25, -0.2) is 4.98 Å². The highest BCUT2D eigenvalue weighted by Crippen LogP contribution is 2.29. The van der Waals surface area contributed by atoms with Crippen LogP contribution < -0.4 is 9.64 Å². The summed E-state index contributed by atoms with van der Waals surface area (Å²) in [5.41, 5.74) is 2.49. The molecule has 112 valence electrons. The van der Waals surface area contributed by atoms with Crippen LogP contribution in [0.1, 0.15) is 12.6 Å². The Bertz CT molecular complexity index is 793. The fraction of sp³-hybridized carbons (Fsp3) is 0.176. The van der Waals surface area contributed by atoms with Gasteiger partial charge in [0.1, 0.15) is 17.2 Å². The van der Waals surface area contributed by atoms with Crippen LogP contribution >= 0.6 is 0 Å². The Kier molecular flexibility index (Phi) is 3.78. The van der Waals surface area contributed by atoms with Crippen molar-refractivity contribution in [2.75, 3.05) is 12.0 Å². The summed E-state index contributed by atoms with van der Waals surface area (Å²) in [4.78, 5) is 17.9. The number of nitrogens with zero attached hydrogens (tertiary/aromatic N) is 3. The van der Waals surface area contributed by atoms with Crippen LogP contribution in [0.4, 0.5) is 11.5 Å². The molecule has 22 heavy (non-hydrogen) atoms. The molecule has 2 heterocycles. The second kappa shape index (κ2) is 5.89. The zero-order chi connectivity index (χ0) is 15.5. The maximum absolute atomic E-state index is 11.7.